The molecule has 0 bridgehead atoms. The number of aliphatic imine (C=N–C) groups is 1. The van der Waals surface area contributed by atoms with Gasteiger partial charge in [-0.05, 0) is 99.3 Å². The molecule has 1 unspecified atom stereocenters. The van der Waals surface area contributed by atoms with Crippen molar-refractivity contribution in [2.24, 2.45) is 10.9 Å². The van der Waals surface area contributed by atoms with Crippen LogP contribution >= 0.6 is 0 Å². The molecule has 2 aliphatic rings. The van der Waals surface area contributed by atoms with Gasteiger partial charge in [0, 0.05) is 48.3 Å². The van der Waals surface area contributed by atoms with E-state index in [4.69, 9.17) is 9.73 Å². The summed E-state index contributed by atoms with van der Waals surface area (Å²) in [5.41, 5.74) is 4.95. The van der Waals surface area contributed by atoms with Crippen molar-refractivity contribution in [2.45, 2.75) is 84.0 Å². The Morgan fingerprint density at radius 3 is 2.66 bits per heavy atom. The van der Waals surface area contributed by atoms with E-state index in [0.29, 0.717) is 44.2 Å². The number of Topliss-reactive ketones (excluding diaryl/α,β-unsaturated/α-hetero) is 1. The number of hydrogen-bond donors (Lipinski definition) is 2. The number of nitrogens with one attached hydrogen (secondary N) is 2. The van der Waals surface area contributed by atoms with Crippen molar-refractivity contribution >= 4 is 28.7 Å². The van der Waals surface area contributed by atoms with Crippen molar-refractivity contribution in [3.8, 4) is 5.75 Å². The molecule has 8 heteroatoms. The summed E-state index contributed by atoms with van der Waals surface area (Å²) in [6, 6.07) is 8.81. The van der Waals surface area contributed by atoms with E-state index < -0.39 is 11.6 Å². The summed E-state index contributed by atoms with van der Waals surface area (Å²) in [4.78, 5) is 29.8. The Balaban J connectivity index is 1.36. The van der Waals surface area contributed by atoms with Gasteiger partial charge in [0.2, 0.25) is 11.7 Å². The zero-order valence-corrected chi connectivity index (χ0v) is 27.7. The fourth-order valence-electron chi connectivity index (χ4n) is 6.07. The molecular formula is C39H47F2N3O3. The number of halogens is 2. The number of carbonyl (C=O) groups is 2. The Kier molecular flexibility index (Phi) is 13.7. The molecule has 47 heavy (non-hydrogen) atoms. The number of rotatable bonds is 17. The minimum atomic E-state index is -1.01. The van der Waals surface area contributed by atoms with Crippen LogP contribution in [0.4, 0.5) is 14.5 Å². The lowest BCUT2D eigenvalue weighted by Gasteiger charge is -2.21. The Morgan fingerprint density at radius 2 is 1.87 bits per heavy atom. The smallest absolute Gasteiger partial charge is 0.219 e. The summed E-state index contributed by atoms with van der Waals surface area (Å²) >= 11 is 0. The average Bonchev–Trinajstić information content (AvgIpc) is 3.52. The van der Waals surface area contributed by atoms with Crippen LogP contribution in [0.2, 0.25) is 0 Å². The number of benzene rings is 2. The molecule has 0 fully saturated rings. The zero-order valence-electron chi connectivity index (χ0n) is 27.7. The molecule has 6 nitrogen and oxygen atoms in total. The number of fused-ring (bicyclic) bond motifs is 1. The number of allylic oxidation sites excluding steroid dienone is 6. The van der Waals surface area contributed by atoms with Crippen LogP contribution in [0.5, 0.6) is 5.75 Å². The van der Waals surface area contributed by atoms with Gasteiger partial charge in [0.05, 0.1) is 18.5 Å². The van der Waals surface area contributed by atoms with Crippen LogP contribution in [-0.2, 0) is 11.2 Å². The largest absolute Gasteiger partial charge is 0.494 e. The summed E-state index contributed by atoms with van der Waals surface area (Å²) in [7, 11) is 1.31. The lowest BCUT2D eigenvalue weighted by Crippen LogP contribution is -2.23. The molecule has 250 valence electrons. The third kappa shape index (κ3) is 9.60. The van der Waals surface area contributed by atoms with Gasteiger partial charge in [-0.25, -0.2) is 4.39 Å². The predicted octanol–water partition coefficient (Wildman–Crippen LogP) is 9.29. The monoisotopic (exact) mass is 643 g/mol. The lowest BCUT2D eigenvalue weighted by molar-refractivity contribution is -0.121. The van der Waals surface area contributed by atoms with E-state index in [1.165, 1.54) is 13.2 Å². The quantitative estimate of drug-likeness (QED) is 0.102. The van der Waals surface area contributed by atoms with Gasteiger partial charge in [0.1, 0.15) is 0 Å². The number of unbranched alkanes of at least 4 members (excludes halogenated alkanes) is 4. The topological polar surface area (TPSA) is 79.8 Å². The van der Waals surface area contributed by atoms with Crippen molar-refractivity contribution in [3.63, 3.8) is 0 Å². The minimum absolute atomic E-state index is 0.0855. The minimum Gasteiger partial charge on any atom is -0.494 e. The fourth-order valence-corrected chi connectivity index (χ4v) is 6.07. The standard InChI is InChI=1S/C39H47F2N3O3/c1-4-6-7-14-19-36(46)42-24-15-10-13-18-34(45)29-21-20-28(25-27(29)5-2)44-33-17-12-9-8-11-16-31-32(26-43-39(31)33)30-22-23-35(47-3)38(41)37(30)40/h4,8-9,17,20-23,25-26,31,44H,1,5-7,10-16,18-19,24H2,2-3H3,(H,42,46)/b9-8-,33-17-. The van der Waals surface area contributed by atoms with Crippen molar-refractivity contribution in [2.75, 3.05) is 19.0 Å². The maximum absolute atomic E-state index is 15.1. The molecule has 1 aliphatic heterocycles. The molecule has 0 saturated carbocycles. The number of carbonyl (C=O) groups excluding carboxylic acids is 2. The molecule has 1 aliphatic carbocycles. The van der Waals surface area contributed by atoms with Gasteiger partial charge in [-0.3, -0.25) is 14.6 Å². The van der Waals surface area contributed by atoms with E-state index in [2.05, 4.69) is 35.4 Å². The van der Waals surface area contributed by atoms with Crippen molar-refractivity contribution in [1.82, 2.24) is 5.32 Å². The molecule has 0 spiro atoms. The van der Waals surface area contributed by atoms with E-state index in [1.807, 2.05) is 31.2 Å². The van der Waals surface area contributed by atoms with Gasteiger partial charge in [0.25, 0.3) is 0 Å². The lowest BCUT2D eigenvalue weighted by atomic mass is 9.86. The maximum atomic E-state index is 15.1. The number of anilines is 1. The van der Waals surface area contributed by atoms with Gasteiger partial charge in [-0.15, -0.1) is 6.58 Å². The highest BCUT2D eigenvalue weighted by atomic mass is 19.2. The second-order valence-electron chi connectivity index (χ2n) is 12.0. The van der Waals surface area contributed by atoms with E-state index in [9.17, 15) is 14.0 Å². The SMILES string of the molecule is C=CCCCCC(=O)NCCCCCC(=O)c1ccc(N/C2=C\C/C=C\CCC3C(c4ccc(OC)c(F)c4F)=CN=C23)cc1CC. The summed E-state index contributed by atoms with van der Waals surface area (Å²) in [5, 5.41) is 6.49. The Bertz CT molecular complexity index is 1560. The zero-order chi connectivity index (χ0) is 33.6. The molecule has 0 saturated heterocycles. The molecule has 2 aromatic carbocycles. The third-order valence-electron chi connectivity index (χ3n) is 8.68. The number of aryl methyl sites for hydroxylation is 1. The summed E-state index contributed by atoms with van der Waals surface area (Å²) in [6.07, 6.45) is 19.0. The molecule has 1 atom stereocenters. The Labute approximate surface area is 277 Å². The Hall–Kier alpha value is -4.33. The first-order valence-electron chi connectivity index (χ1n) is 16.8. The van der Waals surface area contributed by atoms with Crippen molar-refractivity contribution < 1.29 is 23.1 Å². The van der Waals surface area contributed by atoms with Gasteiger partial charge < -0.3 is 15.4 Å². The van der Waals surface area contributed by atoms with E-state index in [-0.39, 0.29) is 28.9 Å². The highest BCUT2D eigenvalue weighted by Crippen LogP contribution is 2.39. The predicted molar refractivity (Wildman–Crippen MR) is 187 cm³/mol. The number of nitrogens with zero attached hydrogens (tertiary/aromatic N) is 1. The van der Waals surface area contributed by atoms with E-state index in [1.54, 1.807) is 12.3 Å². The van der Waals surface area contributed by atoms with Crippen LogP contribution in [0.3, 0.4) is 0 Å². The highest BCUT2D eigenvalue weighted by Gasteiger charge is 2.31. The summed E-state index contributed by atoms with van der Waals surface area (Å²) < 4.78 is 34.7. The molecule has 2 aromatic rings. The van der Waals surface area contributed by atoms with E-state index >= 15 is 4.39 Å². The van der Waals surface area contributed by atoms with Gasteiger partial charge in [0.15, 0.2) is 17.3 Å². The fraction of sp³-hybridized carbons (Fsp3) is 0.410. The van der Waals surface area contributed by atoms with Crippen LogP contribution in [0.1, 0.15) is 99.0 Å². The molecule has 0 radical (unpaired) electrons. The molecule has 2 N–H and O–H groups in total. The van der Waals surface area contributed by atoms with Crippen molar-refractivity contribution in [3.05, 3.63) is 101 Å². The first kappa shape index (κ1) is 35.5. The Morgan fingerprint density at radius 1 is 1.04 bits per heavy atom. The van der Waals surface area contributed by atoms with Gasteiger partial charge in [-0.1, -0.05) is 37.6 Å². The number of ketones is 1. The van der Waals surface area contributed by atoms with Crippen LogP contribution in [0.15, 0.2) is 78.1 Å². The normalized spacial score (nSPS) is 17.5. The second-order valence-corrected chi connectivity index (χ2v) is 12.0. The molecular weight excluding hydrogens is 596 g/mol. The molecule has 0 aromatic heterocycles. The summed E-state index contributed by atoms with van der Waals surface area (Å²) in [5.74, 6) is -2.10. The maximum Gasteiger partial charge on any atom is 0.219 e. The third-order valence-corrected chi connectivity index (χ3v) is 8.68. The van der Waals surface area contributed by atoms with Crippen LogP contribution < -0.4 is 15.4 Å². The van der Waals surface area contributed by atoms with Crippen molar-refractivity contribution in [1.29, 1.82) is 0 Å². The van der Waals surface area contributed by atoms with Gasteiger partial charge >= 0.3 is 0 Å². The molecule has 1 amide bonds. The number of amides is 1. The highest BCUT2D eigenvalue weighted by molar-refractivity contribution is 6.12. The number of ether oxygens (including phenoxy) is 1. The molecule has 4 rings (SSSR count). The molecule has 1 heterocycles. The first-order valence-corrected chi connectivity index (χ1v) is 16.8. The van der Waals surface area contributed by atoms with Crippen LogP contribution in [0.25, 0.3) is 5.57 Å². The summed E-state index contributed by atoms with van der Waals surface area (Å²) in [6.45, 7) is 6.37. The first-order chi connectivity index (χ1) is 22.9. The average molecular weight is 644 g/mol. The van der Waals surface area contributed by atoms with E-state index in [0.717, 1.165) is 73.2 Å². The van der Waals surface area contributed by atoms with Gasteiger partial charge in [-0.2, -0.15) is 4.39 Å². The second kappa shape index (κ2) is 18.1. The number of methoxy groups -OCH3 is 1. The van der Waals surface area contributed by atoms with Crippen LogP contribution in [-0.4, -0.2) is 31.1 Å². The van der Waals surface area contributed by atoms with Crippen LogP contribution in [0, 0.1) is 17.6 Å². The number of hydrogen-bond acceptors (Lipinski definition) is 5.